The van der Waals surface area contributed by atoms with Crippen LogP contribution in [0.4, 0.5) is 0 Å². The summed E-state index contributed by atoms with van der Waals surface area (Å²) in [7, 11) is 2.17. The van der Waals surface area contributed by atoms with Crippen LogP contribution >= 0.6 is 0 Å². The van der Waals surface area contributed by atoms with Crippen molar-refractivity contribution in [3.05, 3.63) is 0 Å². The van der Waals surface area contributed by atoms with Crippen molar-refractivity contribution in [2.75, 3.05) is 59.4 Å². The van der Waals surface area contributed by atoms with E-state index in [1.807, 2.05) is 0 Å². The molecule has 0 bridgehead atoms. The summed E-state index contributed by atoms with van der Waals surface area (Å²) in [4.78, 5) is 31.8. The lowest BCUT2D eigenvalue weighted by molar-refractivity contribution is -0.138. The Labute approximate surface area is 171 Å². The van der Waals surface area contributed by atoms with Gasteiger partial charge in [-0.15, -0.1) is 0 Å². The Kier molecular flexibility index (Phi) is 8.59. The zero-order valence-electron chi connectivity index (χ0n) is 17.8. The Morgan fingerprint density at radius 3 is 2.25 bits per heavy atom. The lowest BCUT2D eigenvalue weighted by atomic mass is 9.87. The van der Waals surface area contributed by atoms with Crippen LogP contribution in [-0.2, 0) is 9.59 Å². The highest BCUT2D eigenvalue weighted by atomic mass is 16.2. The van der Waals surface area contributed by atoms with Gasteiger partial charge >= 0.3 is 0 Å². The predicted molar refractivity (Wildman–Crippen MR) is 112 cm³/mol. The Hall–Kier alpha value is -1.14. The van der Waals surface area contributed by atoms with E-state index < -0.39 is 0 Å². The van der Waals surface area contributed by atoms with Gasteiger partial charge < -0.3 is 20.0 Å². The second-order valence-corrected chi connectivity index (χ2v) is 9.16. The number of nitrogens with zero attached hydrogens (tertiary/aromatic N) is 3. The largest absolute Gasteiger partial charge is 0.356 e. The first kappa shape index (κ1) is 21.6. The zero-order valence-corrected chi connectivity index (χ0v) is 17.8. The summed E-state index contributed by atoms with van der Waals surface area (Å²) >= 11 is 0. The van der Waals surface area contributed by atoms with E-state index in [1.54, 1.807) is 0 Å². The van der Waals surface area contributed by atoms with Crippen molar-refractivity contribution in [3.8, 4) is 0 Å². The fraction of sp³-hybridized carbons (Fsp3) is 0.909. The van der Waals surface area contributed by atoms with Crippen molar-refractivity contribution in [3.63, 3.8) is 0 Å². The third kappa shape index (κ3) is 6.73. The highest BCUT2D eigenvalue weighted by Crippen LogP contribution is 2.28. The Bertz CT molecular complexity index is 491. The van der Waals surface area contributed by atoms with Gasteiger partial charge in [0.1, 0.15) is 0 Å². The molecule has 0 unspecified atom stereocenters. The minimum absolute atomic E-state index is 0.190. The van der Waals surface area contributed by atoms with E-state index >= 15 is 0 Å². The monoisotopic (exact) mass is 392 g/mol. The SMILES string of the molecule is CN1CCN(CCCNC(=O)CC2CCN(C(=O)C3CCCCC3)CC2)CC1. The maximum Gasteiger partial charge on any atom is 0.225 e. The maximum absolute atomic E-state index is 12.6. The van der Waals surface area contributed by atoms with Crippen LogP contribution in [0.15, 0.2) is 0 Å². The maximum atomic E-state index is 12.6. The van der Waals surface area contributed by atoms with Crippen LogP contribution in [0.5, 0.6) is 0 Å². The molecule has 2 heterocycles. The molecule has 6 nitrogen and oxygen atoms in total. The first-order chi connectivity index (χ1) is 13.6. The summed E-state index contributed by atoms with van der Waals surface area (Å²) in [5.74, 6) is 1.28. The predicted octanol–water partition coefficient (Wildman–Crippen LogP) is 1.95. The number of likely N-dealkylation sites (tertiary alicyclic amines) is 1. The number of carbonyl (C=O) groups is 2. The van der Waals surface area contributed by atoms with Crippen LogP contribution in [-0.4, -0.2) is 85.9 Å². The summed E-state index contributed by atoms with van der Waals surface area (Å²) in [5, 5.41) is 3.11. The van der Waals surface area contributed by atoms with E-state index in [4.69, 9.17) is 0 Å². The minimum atomic E-state index is 0.190. The molecule has 2 saturated heterocycles. The van der Waals surface area contributed by atoms with Crippen LogP contribution in [0.25, 0.3) is 0 Å². The van der Waals surface area contributed by atoms with Crippen LogP contribution in [0, 0.1) is 11.8 Å². The van der Waals surface area contributed by atoms with E-state index in [9.17, 15) is 9.59 Å². The number of piperidine rings is 1. The quantitative estimate of drug-likeness (QED) is 0.673. The molecule has 3 aliphatic rings. The van der Waals surface area contributed by atoms with Gasteiger partial charge in [-0.05, 0) is 51.6 Å². The highest BCUT2D eigenvalue weighted by molar-refractivity contribution is 5.79. The molecule has 3 fully saturated rings. The third-order valence-corrected chi connectivity index (χ3v) is 6.92. The van der Waals surface area contributed by atoms with Gasteiger partial charge in [0, 0.05) is 58.2 Å². The minimum Gasteiger partial charge on any atom is -0.356 e. The Balaban J connectivity index is 1.25. The molecule has 0 atom stereocenters. The number of carbonyl (C=O) groups excluding carboxylic acids is 2. The summed E-state index contributed by atoms with van der Waals surface area (Å²) in [6.07, 6.45) is 9.48. The number of rotatable bonds is 7. The molecule has 3 rings (SSSR count). The lowest BCUT2D eigenvalue weighted by Crippen LogP contribution is -2.45. The third-order valence-electron chi connectivity index (χ3n) is 6.92. The van der Waals surface area contributed by atoms with Crippen LogP contribution in [0.1, 0.15) is 57.8 Å². The van der Waals surface area contributed by atoms with Crippen molar-refractivity contribution in [1.29, 1.82) is 0 Å². The standard InChI is InChI=1S/C22H40N4O2/c1-24-14-16-25(17-15-24)11-5-10-23-21(27)18-19-8-12-26(13-9-19)22(28)20-6-3-2-4-7-20/h19-20H,2-18H2,1H3,(H,23,27). The van der Waals surface area contributed by atoms with Crippen LogP contribution < -0.4 is 5.32 Å². The number of nitrogens with one attached hydrogen (secondary N) is 1. The molecule has 1 N–H and O–H groups in total. The Morgan fingerprint density at radius 1 is 0.893 bits per heavy atom. The van der Waals surface area contributed by atoms with Gasteiger partial charge in [-0.3, -0.25) is 9.59 Å². The molecule has 160 valence electrons. The molecule has 0 aromatic rings. The number of hydrogen-bond acceptors (Lipinski definition) is 4. The highest BCUT2D eigenvalue weighted by Gasteiger charge is 2.29. The molecule has 1 aliphatic carbocycles. The summed E-state index contributed by atoms with van der Waals surface area (Å²) < 4.78 is 0. The van der Waals surface area contributed by atoms with E-state index in [-0.39, 0.29) is 11.8 Å². The van der Waals surface area contributed by atoms with Crippen molar-refractivity contribution >= 4 is 11.8 Å². The second-order valence-electron chi connectivity index (χ2n) is 9.16. The van der Waals surface area contributed by atoms with E-state index in [2.05, 4.69) is 27.1 Å². The zero-order chi connectivity index (χ0) is 19.8. The average molecular weight is 393 g/mol. The fourth-order valence-electron chi connectivity index (χ4n) is 4.90. The molecule has 0 radical (unpaired) electrons. The first-order valence-electron chi connectivity index (χ1n) is 11.6. The number of piperazine rings is 1. The van der Waals surface area contributed by atoms with Crippen molar-refractivity contribution < 1.29 is 9.59 Å². The lowest BCUT2D eigenvalue weighted by Gasteiger charge is -2.35. The van der Waals surface area contributed by atoms with Gasteiger partial charge in [0.25, 0.3) is 0 Å². The molecular formula is C22H40N4O2. The van der Waals surface area contributed by atoms with Gasteiger partial charge in [0.15, 0.2) is 0 Å². The summed E-state index contributed by atoms with van der Waals surface area (Å²) in [6, 6.07) is 0. The van der Waals surface area contributed by atoms with Gasteiger partial charge in [0.2, 0.25) is 11.8 Å². The van der Waals surface area contributed by atoms with Crippen molar-refractivity contribution in [2.24, 2.45) is 11.8 Å². The van der Waals surface area contributed by atoms with Gasteiger partial charge in [-0.1, -0.05) is 19.3 Å². The van der Waals surface area contributed by atoms with Crippen LogP contribution in [0.2, 0.25) is 0 Å². The van der Waals surface area contributed by atoms with E-state index in [0.717, 1.165) is 84.5 Å². The molecule has 0 spiro atoms. The molecule has 1 saturated carbocycles. The topological polar surface area (TPSA) is 55.9 Å². The Morgan fingerprint density at radius 2 is 1.57 bits per heavy atom. The van der Waals surface area contributed by atoms with Crippen molar-refractivity contribution in [2.45, 2.75) is 57.8 Å². The van der Waals surface area contributed by atoms with Gasteiger partial charge in [0.05, 0.1) is 0 Å². The molecule has 0 aromatic heterocycles. The normalized spacial score (nSPS) is 23.7. The average Bonchev–Trinajstić information content (AvgIpc) is 2.73. The first-order valence-corrected chi connectivity index (χ1v) is 11.6. The van der Waals surface area contributed by atoms with Gasteiger partial charge in [-0.2, -0.15) is 0 Å². The van der Waals surface area contributed by atoms with E-state index in [1.165, 1.54) is 19.3 Å². The second kappa shape index (κ2) is 11.1. The van der Waals surface area contributed by atoms with E-state index in [0.29, 0.717) is 18.2 Å². The van der Waals surface area contributed by atoms with Crippen molar-refractivity contribution in [1.82, 2.24) is 20.0 Å². The van der Waals surface area contributed by atoms with Gasteiger partial charge in [-0.25, -0.2) is 0 Å². The molecule has 6 heteroatoms. The number of amides is 2. The smallest absolute Gasteiger partial charge is 0.225 e. The molecule has 0 aromatic carbocycles. The number of hydrogen-bond donors (Lipinski definition) is 1. The van der Waals surface area contributed by atoms with Crippen LogP contribution in [0.3, 0.4) is 0 Å². The molecular weight excluding hydrogens is 352 g/mol. The fourth-order valence-corrected chi connectivity index (χ4v) is 4.90. The molecule has 28 heavy (non-hydrogen) atoms. The summed E-state index contributed by atoms with van der Waals surface area (Å²) in [5.41, 5.74) is 0. The molecule has 2 aliphatic heterocycles. The number of likely N-dealkylation sites (N-methyl/N-ethyl adjacent to an activating group) is 1. The molecule has 2 amide bonds. The summed E-state index contributed by atoms with van der Waals surface area (Å²) in [6.45, 7) is 8.13.